The third-order valence-corrected chi connectivity index (χ3v) is 19.0. The van der Waals surface area contributed by atoms with Crippen LogP contribution in [0.4, 0.5) is 0 Å². The largest absolute Gasteiger partial charge is 0.477 e. The molecule has 0 aliphatic rings. The van der Waals surface area contributed by atoms with Crippen molar-refractivity contribution >= 4 is 17.9 Å². The van der Waals surface area contributed by atoms with Crippen molar-refractivity contribution in [3.05, 3.63) is 109 Å². The van der Waals surface area contributed by atoms with Crippen molar-refractivity contribution in [2.45, 2.75) is 411 Å². The second-order valence-electron chi connectivity index (χ2n) is 30.1. The lowest BCUT2D eigenvalue weighted by molar-refractivity contribution is -0.870. The first kappa shape index (κ1) is 97.0. The molecule has 0 bridgehead atoms. The van der Waals surface area contributed by atoms with Crippen molar-refractivity contribution in [1.82, 2.24) is 0 Å². The Morgan fingerprint density at radius 2 is 0.564 bits per heavy atom. The zero-order chi connectivity index (χ0) is 73.2. The molecule has 0 radical (unpaired) electrons. The van der Waals surface area contributed by atoms with Crippen molar-refractivity contribution in [1.29, 1.82) is 0 Å². The van der Waals surface area contributed by atoms with Crippen molar-refractivity contribution < 1.29 is 42.9 Å². The highest BCUT2D eigenvalue weighted by molar-refractivity contribution is 5.71. The van der Waals surface area contributed by atoms with Crippen molar-refractivity contribution in [3.63, 3.8) is 0 Å². The first-order valence-corrected chi connectivity index (χ1v) is 43.1. The maximum absolute atomic E-state index is 13.0. The Balaban J connectivity index is 3.96. The number of hydrogen-bond donors (Lipinski definition) is 1. The molecule has 9 heteroatoms. The molecule has 2 unspecified atom stereocenters. The maximum atomic E-state index is 13.0. The van der Waals surface area contributed by atoms with Crippen LogP contribution in [0.25, 0.3) is 0 Å². The van der Waals surface area contributed by atoms with Crippen LogP contribution in [0.5, 0.6) is 0 Å². The van der Waals surface area contributed by atoms with E-state index in [0.29, 0.717) is 17.4 Å². The van der Waals surface area contributed by atoms with E-state index >= 15 is 0 Å². The summed E-state index contributed by atoms with van der Waals surface area (Å²) in [4.78, 5) is 37.8. The molecule has 584 valence electrons. The number of quaternary nitrogens is 1. The Kier molecular flexibility index (Phi) is 78.3. The van der Waals surface area contributed by atoms with E-state index < -0.39 is 18.4 Å². The lowest BCUT2D eigenvalue weighted by Gasteiger charge is -2.25. The van der Waals surface area contributed by atoms with Gasteiger partial charge in [-0.15, -0.1) is 0 Å². The van der Waals surface area contributed by atoms with Gasteiger partial charge >= 0.3 is 17.9 Å². The topological polar surface area (TPSA) is 108 Å². The van der Waals surface area contributed by atoms with Crippen LogP contribution in [0.3, 0.4) is 0 Å². The van der Waals surface area contributed by atoms with E-state index in [-0.39, 0.29) is 38.2 Å². The summed E-state index contributed by atoms with van der Waals surface area (Å²) in [5.41, 5.74) is 0. The average Bonchev–Trinajstić information content (AvgIpc) is 1.21. The van der Waals surface area contributed by atoms with Gasteiger partial charge in [-0.3, -0.25) is 9.59 Å². The summed E-state index contributed by atoms with van der Waals surface area (Å²) < 4.78 is 23.1. The monoisotopic (exact) mass is 1410 g/mol. The van der Waals surface area contributed by atoms with Crippen molar-refractivity contribution in [2.75, 3.05) is 47.5 Å². The molecule has 0 rings (SSSR count). The number of esters is 2. The van der Waals surface area contributed by atoms with Gasteiger partial charge in [0, 0.05) is 12.8 Å². The summed E-state index contributed by atoms with van der Waals surface area (Å²) in [5, 5.41) is 9.79. The predicted octanol–water partition coefficient (Wildman–Crippen LogP) is 28.0. The number of nitrogens with zero attached hydrogens (tertiary/aromatic N) is 1. The number of carbonyl (C=O) groups excluding carboxylic acids is 2. The smallest absolute Gasteiger partial charge is 0.361 e. The van der Waals surface area contributed by atoms with Gasteiger partial charge in [-0.25, -0.2) is 4.79 Å². The van der Waals surface area contributed by atoms with E-state index in [1.165, 1.54) is 283 Å². The van der Waals surface area contributed by atoms with Gasteiger partial charge in [0.15, 0.2) is 6.10 Å². The number of likely N-dealkylation sites (N-methyl/N-ethyl adjacent to an activating group) is 1. The van der Waals surface area contributed by atoms with E-state index in [2.05, 4.69) is 123 Å². The van der Waals surface area contributed by atoms with Crippen molar-refractivity contribution in [3.8, 4) is 0 Å². The van der Waals surface area contributed by atoms with E-state index in [0.717, 1.165) is 89.9 Å². The fourth-order valence-corrected chi connectivity index (χ4v) is 12.5. The minimum atomic E-state index is -1.51. The lowest BCUT2D eigenvalue weighted by Crippen LogP contribution is -2.40. The normalized spacial score (nSPS) is 13.2. The highest BCUT2D eigenvalue weighted by Crippen LogP contribution is 2.20. The first-order valence-electron chi connectivity index (χ1n) is 43.1. The van der Waals surface area contributed by atoms with Crippen LogP contribution in [-0.2, 0) is 33.3 Å². The Bertz CT molecular complexity index is 2040. The van der Waals surface area contributed by atoms with E-state index in [1.807, 2.05) is 21.1 Å². The summed E-state index contributed by atoms with van der Waals surface area (Å²) in [5.74, 6) is -1.98. The number of carboxylic acid groups (broad SMARTS) is 1. The number of hydrogen-bond acceptors (Lipinski definition) is 7. The van der Waals surface area contributed by atoms with E-state index in [4.69, 9.17) is 18.9 Å². The van der Waals surface area contributed by atoms with Gasteiger partial charge in [-0.05, 0) is 103 Å². The maximum Gasteiger partial charge on any atom is 0.361 e. The quantitative estimate of drug-likeness (QED) is 0.0211. The molecule has 0 spiro atoms. The molecule has 1 N–H and O–H groups in total. The fraction of sp³-hybridized carbons (Fsp3) is 0.772. The summed E-state index contributed by atoms with van der Waals surface area (Å²) in [7, 11) is 6.00. The summed E-state index contributed by atoms with van der Waals surface area (Å²) in [6.07, 6.45) is 113. The number of allylic oxidation sites excluding steroid dienone is 18. The molecule has 0 aliphatic heterocycles. The molecule has 0 aromatic heterocycles. The molecule has 9 nitrogen and oxygen atoms in total. The molecule has 0 amide bonds. The average molecular weight is 1410 g/mol. The van der Waals surface area contributed by atoms with Crippen LogP contribution in [0, 0.1) is 0 Å². The van der Waals surface area contributed by atoms with Crippen molar-refractivity contribution in [2.24, 2.45) is 0 Å². The molecule has 2 atom stereocenters. The molecule has 0 aromatic carbocycles. The highest BCUT2D eigenvalue weighted by Gasteiger charge is 2.25. The molecular weight excluding hydrogens is 1250 g/mol. The molecule has 0 saturated heterocycles. The zero-order valence-electron chi connectivity index (χ0n) is 67.1. The standard InChI is InChI=1S/C92H163NO8/c1-6-8-10-12-14-16-18-20-22-24-26-28-30-32-34-36-38-40-42-44-45-47-49-51-53-55-57-59-61-63-65-67-69-71-73-75-77-79-81-83-90(95)101-88(87-100-92(91(96)97)98-85-84-93(3,4)5)86-99-89(94)82-80-78-76-74-72-70-68-66-64-62-60-58-56-54-52-50-48-46-43-41-39-37-35-33-31-29-27-25-23-21-19-17-15-13-11-9-7-2/h8,10,14,16,19-22,25-28,31-34,38,40,88,92H,6-7,9,11-13,15,17-18,23-24,29-30,35-37,39,41-87H2,1-5H3/p+1/b10-8-,16-14-,21-19-,22-20-,27-25-,28-26-,33-31-,34-32-,40-38-. The molecular formula is C92H164NO8+. The van der Waals surface area contributed by atoms with Gasteiger partial charge in [0.1, 0.15) is 13.2 Å². The van der Waals surface area contributed by atoms with E-state index in [1.54, 1.807) is 0 Å². The number of ether oxygens (including phenoxy) is 4. The van der Waals surface area contributed by atoms with Crippen LogP contribution < -0.4 is 0 Å². The predicted molar refractivity (Wildman–Crippen MR) is 438 cm³/mol. The van der Waals surface area contributed by atoms with Gasteiger partial charge in [0.05, 0.1) is 34.4 Å². The first-order chi connectivity index (χ1) is 49.6. The van der Waals surface area contributed by atoms with Gasteiger partial charge < -0.3 is 28.5 Å². The van der Waals surface area contributed by atoms with Crippen LogP contribution in [0.2, 0.25) is 0 Å². The van der Waals surface area contributed by atoms with Gasteiger partial charge in [0.2, 0.25) is 0 Å². The lowest BCUT2D eigenvalue weighted by atomic mass is 10.0. The number of aliphatic carboxylic acids is 1. The number of carbonyl (C=O) groups is 3. The van der Waals surface area contributed by atoms with Gasteiger partial charge in [-0.1, -0.05) is 393 Å². The Hall–Kier alpha value is -4.05. The third kappa shape index (κ3) is 83.1. The van der Waals surface area contributed by atoms with Crippen LogP contribution in [0.1, 0.15) is 399 Å². The SMILES string of the molecule is CC/C=C\C/C=C\C/C=C\C/C=C\C/C=C\C/C=C\CCCCCCCCCCCCCCCCCCCCCCC(=O)OC(COC(=O)CCCCCCCCCCCCCCCCCCCCCCCC/C=C\C/C=C\C/C=C\CCCCCCC)COC(OCC[N+](C)(C)C)C(=O)O. The Morgan fingerprint density at radius 1 is 0.307 bits per heavy atom. The van der Waals surface area contributed by atoms with Gasteiger partial charge in [-0.2, -0.15) is 0 Å². The molecule has 0 aromatic rings. The number of unbranched alkanes of at least 4 members (excludes halogenated alkanes) is 47. The summed E-state index contributed by atoms with van der Waals surface area (Å²) in [6.45, 7) is 4.80. The number of carboxylic acids is 1. The second-order valence-corrected chi connectivity index (χ2v) is 30.1. The summed E-state index contributed by atoms with van der Waals surface area (Å²) in [6, 6.07) is 0. The third-order valence-electron chi connectivity index (χ3n) is 19.0. The molecule has 0 aliphatic carbocycles. The Morgan fingerprint density at radius 3 is 0.842 bits per heavy atom. The Labute approximate surface area is 625 Å². The summed E-state index contributed by atoms with van der Waals surface area (Å²) >= 11 is 0. The van der Waals surface area contributed by atoms with Crippen LogP contribution >= 0.6 is 0 Å². The minimum absolute atomic E-state index is 0.180. The highest BCUT2D eigenvalue weighted by atomic mass is 16.7. The molecule has 101 heavy (non-hydrogen) atoms. The number of rotatable bonds is 80. The second kappa shape index (κ2) is 81.6. The van der Waals surface area contributed by atoms with Crippen LogP contribution in [0.15, 0.2) is 109 Å². The van der Waals surface area contributed by atoms with E-state index in [9.17, 15) is 19.5 Å². The molecule has 0 heterocycles. The van der Waals surface area contributed by atoms with Crippen LogP contribution in [-0.4, -0.2) is 87.4 Å². The molecule has 0 fully saturated rings. The zero-order valence-corrected chi connectivity index (χ0v) is 67.1. The molecule has 0 saturated carbocycles. The fourth-order valence-electron chi connectivity index (χ4n) is 12.5. The van der Waals surface area contributed by atoms with Gasteiger partial charge in [0.25, 0.3) is 6.29 Å². The minimum Gasteiger partial charge on any atom is -0.477 e.